The highest BCUT2D eigenvalue weighted by atomic mass is 16.5. The van der Waals surface area contributed by atoms with Crippen LogP contribution in [-0.4, -0.2) is 21.8 Å². The van der Waals surface area contributed by atoms with Crippen LogP contribution in [0.5, 0.6) is 11.5 Å². The molecule has 3 aromatic rings. The summed E-state index contributed by atoms with van der Waals surface area (Å²) in [5, 5.41) is 9.92. The molecule has 0 saturated heterocycles. The zero-order valence-corrected chi connectivity index (χ0v) is 12.4. The van der Waals surface area contributed by atoms with Crippen LogP contribution in [0.2, 0.25) is 0 Å². The molecule has 1 N–H and O–H groups in total. The highest BCUT2D eigenvalue weighted by Crippen LogP contribution is 2.22. The zero-order valence-electron chi connectivity index (χ0n) is 12.4. The van der Waals surface area contributed by atoms with Gasteiger partial charge in [0.25, 0.3) is 0 Å². The summed E-state index contributed by atoms with van der Waals surface area (Å²) in [4.78, 5) is 4.44. The van der Waals surface area contributed by atoms with E-state index in [1.165, 1.54) is 0 Å². The van der Waals surface area contributed by atoms with E-state index in [-0.39, 0.29) is 0 Å². The van der Waals surface area contributed by atoms with E-state index in [2.05, 4.69) is 4.98 Å². The number of phenols is 1. The van der Waals surface area contributed by atoms with Gasteiger partial charge in [-0.05, 0) is 12.1 Å². The summed E-state index contributed by atoms with van der Waals surface area (Å²) in [6, 6.07) is 15.3. The number of hydrogen-bond donors (Lipinski definition) is 1. The van der Waals surface area contributed by atoms with Crippen molar-refractivity contribution in [2.75, 3.05) is 7.11 Å². The van der Waals surface area contributed by atoms with E-state index < -0.39 is 0 Å². The summed E-state index contributed by atoms with van der Waals surface area (Å²) in [6.07, 6.45) is 4.40. The smallest absolute Gasteiger partial charge is 0.122 e. The van der Waals surface area contributed by atoms with E-state index in [0.717, 1.165) is 22.7 Å². The van der Waals surface area contributed by atoms with Crippen LogP contribution in [-0.2, 0) is 13.0 Å². The number of aromatic hydroxyl groups is 1. The molecule has 4 nitrogen and oxygen atoms in total. The summed E-state index contributed by atoms with van der Waals surface area (Å²) in [5.74, 6) is 2.10. The second kappa shape index (κ2) is 6.35. The predicted molar refractivity (Wildman–Crippen MR) is 85.2 cm³/mol. The summed E-state index contributed by atoms with van der Waals surface area (Å²) in [5.41, 5.74) is 1.97. The molecule has 0 saturated carbocycles. The third-order valence-electron chi connectivity index (χ3n) is 3.68. The first-order chi connectivity index (χ1) is 10.8. The van der Waals surface area contributed by atoms with E-state index in [9.17, 15) is 5.11 Å². The number of benzene rings is 2. The number of para-hydroxylation sites is 2. The lowest BCUT2D eigenvalue weighted by Gasteiger charge is -2.11. The minimum absolute atomic E-state index is 0.305. The van der Waals surface area contributed by atoms with Gasteiger partial charge in [-0.25, -0.2) is 4.98 Å². The maximum Gasteiger partial charge on any atom is 0.122 e. The average molecular weight is 294 g/mol. The van der Waals surface area contributed by atoms with Crippen LogP contribution >= 0.6 is 0 Å². The van der Waals surface area contributed by atoms with Gasteiger partial charge in [0.05, 0.1) is 13.7 Å². The third kappa shape index (κ3) is 2.96. The Labute approximate surface area is 129 Å². The molecule has 0 aliphatic heterocycles. The van der Waals surface area contributed by atoms with Gasteiger partial charge in [-0.3, -0.25) is 0 Å². The van der Waals surface area contributed by atoms with Gasteiger partial charge in [-0.15, -0.1) is 0 Å². The molecule has 0 atom stereocenters. The molecule has 0 spiro atoms. The average Bonchev–Trinajstić information content (AvgIpc) is 2.97. The lowest BCUT2D eigenvalue weighted by atomic mass is 10.1. The predicted octanol–water partition coefficient (Wildman–Crippen LogP) is 3.24. The maximum absolute atomic E-state index is 9.92. The largest absolute Gasteiger partial charge is 0.508 e. The Kier molecular flexibility index (Phi) is 4.10. The lowest BCUT2D eigenvalue weighted by molar-refractivity contribution is 0.410. The van der Waals surface area contributed by atoms with Crippen molar-refractivity contribution in [1.82, 2.24) is 9.55 Å². The first-order valence-corrected chi connectivity index (χ1v) is 7.16. The van der Waals surface area contributed by atoms with Crippen LogP contribution in [0.25, 0.3) is 0 Å². The summed E-state index contributed by atoms with van der Waals surface area (Å²) in [6.45, 7) is 0.594. The topological polar surface area (TPSA) is 47.3 Å². The number of ether oxygens (including phenoxy) is 1. The summed E-state index contributed by atoms with van der Waals surface area (Å²) < 4.78 is 7.44. The van der Waals surface area contributed by atoms with E-state index in [1.54, 1.807) is 19.4 Å². The molecule has 2 aromatic carbocycles. The van der Waals surface area contributed by atoms with Gasteiger partial charge in [0.2, 0.25) is 0 Å². The zero-order chi connectivity index (χ0) is 15.4. The van der Waals surface area contributed by atoms with Crippen molar-refractivity contribution < 1.29 is 9.84 Å². The SMILES string of the molecule is COc1ccccc1Cc1nccn1Cc1ccccc1O. The third-order valence-corrected chi connectivity index (χ3v) is 3.68. The fraction of sp³-hybridized carbons (Fsp3) is 0.167. The number of phenolic OH excluding ortho intramolecular Hbond substituents is 1. The molecule has 0 amide bonds. The van der Waals surface area contributed by atoms with Gasteiger partial charge in [0.1, 0.15) is 17.3 Å². The van der Waals surface area contributed by atoms with Crippen molar-refractivity contribution in [3.8, 4) is 11.5 Å². The van der Waals surface area contributed by atoms with Gasteiger partial charge in [-0.1, -0.05) is 36.4 Å². The molecule has 3 rings (SSSR count). The molecule has 0 aliphatic rings. The molecule has 112 valence electrons. The standard InChI is InChI=1S/C18H18N2O2/c1-22-17-9-5-3-6-14(17)12-18-19-10-11-20(18)13-15-7-2-4-8-16(15)21/h2-11,21H,12-13H2,1H3. The first-order valence-electron chi connectivity index (χ1n) is 7.16. The van der Waals surface area contributed by atoms with Crippen LogP contribution in [0.1, 0.15) is 17.0 Å². The molecule has 22 heavy (non-hydrogen) atoms. The van der Waals surface area contributed by atoms with Gasteiger partial charge in [0.15, 0.2) is 0 Å². The summed E-state index contributed by atoms with van der Waals surface area (Å²) in [7, 11) is 1.67. The van der Waals surface area contributed by atoms with Crippen molar-refractivity contribution >= 4 is 0 Å². The van der Waals surface area contributed by atoms with Crippen LogP contribution in [0.3, 0.4) is 0 Å². The number of aromatic nitrogens is 2. The minimum Gasteiger partial charge on any atom is -0.508 e. The van der Waals surface area contributed by atoms with Crippen LogP contribution in [0, 0.1) is 0 Å². The molecule has 0 bridgehead atoms. The van der Waals surface area contributed by atoms with Crippen molar-refractivity contribution in [3.05, 3.63) is 77.9 Å². The molecular formula is C18H18N2O2. The van der Waals surface area contributed by atoms with E-state index >= 15 is 0 Å². The Morgan fingerprint density at radius 1 is 1.05 bits per heavy atom. The molecule has 0 radical (unpaired) electrons. The number of methoxy groups -OCH3 is 1. The Morgan fingerprint density at radius 2 is 1.77 bits per heavy atom. The maximum atomic E-state index is 9.92. The molecule has 4 heteroatoms. The number of rotatable bonds is 5. The van der Waals surface area contributed by atoms with Gasteiger partial charge < -0.3 is 14.4 Å². The highest BCUT2D eigenvalue weighted by molar-refractivity contribution is 5.36. The molecule has 0 fully saturated rings. The molecule has 0 unspecified atom stereocenters. The Bertz CT molecular complexity index is 765. The lowest BCUT2D eigenvalue weighted by Crippen LogP contribution is -2.06. The van der Waals surface area contributed by atoms with Crippen molar-refractivity contribution in [1.29, 1.82) is 0 Å². The summed E-state index contributed by atoms with van der Waals surface area (Å²) >= 11 is 0. The number of imidazole rings is 1. The van der Waals surface area contributed by atoms with Crippen LogP contribution in [0.15, 0.2) is 60.9 Å². The molecule has 0 aliphatic carbocycles. The highest BCUT2D eigenvalue weighted by Gasteiger charge is 2.09. The quantitative estimate of drug-likeness (QED) is 0.786. The van der Waals surface area contributed by atoms with E-state index in [4.69, 9.17) is 4.74 Å². The van der Waals surface area contributed by atoms with Crippen LogP contribution in [0.4, 0.5) is 0 Å². The monoisotopic (exact) mass is 294 g/mol. The Morgan fingerprint density at radius 3 is 2.55 bits per heavy atom. The molecule has 1 aromatic heterocycles. The van der Waals surface area contributed by atoms with Gasteiger partial charge >= 0.3 is 0 Å². The van der Waals surface area contributed by atoms with Gasteiger partial charge in [-0.2, -0.15) is 0 Å². The van der Waals surface area contributed by atoms with Crippen molar-refractivity contribution in [2.24, 2.45) is 0 Å². The Balaban J connectivity index is 1.85. The van der Waals surface area contributed by atoms with Crippen molar-refractivity contribution in [2.45, 2.75) is 13.0 Å². The fourth-order valence-corrected chi connectivity index (χ4v) is 2.50. The van der Waals surface area contributed by atoms with Gasteiger partial charge in [0, 0.05) is 29.9 Å². The molecular weight excluding hydrogens is 276 g/mol. The van der Waals surface area contributed by atoms with Crippen molar-refractivity contribution in [3.63, 3.8) is 0 Å². The second-order valence-electron chi connectivity index (χ2n) is 5.09. The Hall–Kier alpha value is -2.75. The fourth-order valence-electron chi connectivity index (χ4n) is 2.50. The van der Waals surface area contributed by atoms with Crippen LogP contribution < -0.4 is 4.74 Å². The normalized spacial score (nSPS) is 10.6. The molecule has 1 heterocycles. The first kappa shape index (κ1) is 14.2. The minimum atomic E-state index is 0.305. The number of nitrogens with zero attached hydrogens (tertiary/aromatic N) is 2. The van der Waals surface area contributed by atoms with E-state index in [1.807, 2.05) is 53.2 Å². The van der Waals surface area contributed by atoms with E-state index in [0.29, 0.717) is 18.7 Å². The number of hydrogen-bond acceptors (Lipinski definition) is 3. The second-order valence-corrected chi connectivity index (χ2v) is 5.09.